The van der Waals surface area contributed by atoms with Gasteiger partial charge in [-0.1, -0.05) is 29.8 Å². The molecule has 0 spiro atoms. The molecule has 0 saturated heterocycles. The number of carbonyl (C=O) groups excluding carboxylic acids is 1. The van der Waals surface area contributed by atoms with Crippen LogP contribution in [0.1, 0.15) is 5.56 Å². The maximum Gasteiger partial charge on any atom is 0.242 e. The molecule has 3 rings (SSSR count). The first-order chi connectivity index (χ1) is 11.6. The van der Waals surface area contributed by atoms with Crippen LogP contribution in [0.15, 0.2) is 54.7 Å². The Bertz CT molecular complexity index is 876. The predicted octanol–water partition coefficient (Wildman–Crippen LogP) is 3.38. The van der Waals surface area contributed by atoms with Gasteiger partial charge in [0.1, 0.15) is 0 Å². The van der Waals surface area contributed by atoms with Crippen molar-refractivity contribution in [3.05, 3.63) is 65.3 Å². The van der Waals surface area contributed by atoms with E-state index in [2.05, 4.69) is 21.2 Å². The molecule has 1 heterocycles. The molecule has 24 heavy (non-hydrogen) atoms. The molecule has 122 valence electrons. The Morgan fingerprint density at radius 2 is 1.83 bits per heavy atom. The van der Waals surface area contributed by atoms with Gasteiger partial charge in [-0.05, 0) is 48.1 Å². The molecular formula is C17H15ClN4OS. The number of rotatable bonds is 3. The number of nitrogens with one attached hydrogen (secondary N) is 4. The number of aromatic amines is 1. The Labute approximate surface area is 149 Å². The van der Waals surface area contributed by atoms with Gasteiger partial charge >= 0.3 is 0 Å². The summed E-state index contributed by atoms with van der Waals surface area (Å²) in [4.78, 5) is 15.2. The summed E-state index contributed by atoms with van der Waals surface area (Å²) < 4.78 is 0. The highest BCUT2D eigenvalue weighted by Gasteiger charge is 2.08. The third-order valence-electron chi connectivity index (χ3n) is 3.44. The fourth-order valence-corrected chi connectivity index (χ4v) is 2.61. The highest BCUT2D eigenvalue weighted by molar-refractivity contribution is 7.80. The summed E-state index contributed by atoms with van der Waals surface area (Å²) in [5.41, 5.74) is 7.99. The van der Waals surface area contributed by atoms with Crippen LogP contribution < -0.4 is 16.2 Å². The van der Waals surface area contributed by atoms with Crippen molar-refractivity contribution < 1.29 is 4.79 Å². The van der Waals surface area contributed by atoms with E-state index < -0.39 is 0 Å². The molecule has 4 N–H and O–H groups in total. The van der Waals surface area contributed by atoms with Crippen molar-refractivity contribution in [3.8, 4) is 0 Å². The van der Waals surface area contributed by atoms with E-state index in [1.807, 2.05) is 30.5 Å². The van der Waals surface area contributed by atoms with Gasteiger partial charge < -0.3 is 10.3 Å². The minimum atomic E-state index is -0.181. The Hall–Kier alpha value is -2.57. The third kappa shape index (κ3) is 4.04. The first kappa shape index (κ1) is 16.3. The molecule has 0 unspecified atom stereocenters. The number of thiocarbonyl (C=S) groups is 1. The normalized spacial score (nSPS) is 10.4. The lowest BCUT2D eigenvalue weighted by Gasteiger charge is -2.11. The molecule has 0 fully saturated rings. The Morgan fingerprint density at radius 3 is 2.62 bits per heavy atom. The van der Waals surface area contributed by atoms with E-state index in [4.69, 9.17) is 23.8 Å². The van der Waals surface area contributed by atoms with Crippen molar-refractivity contribution in [1.29, 1.82) is 0 Å². The van der Waals surface area contributed by atoms with Gasteiger partial charge in [-0.15, -0.1) is 0 Å². The SMILES string of the molecule is O=C(Cc1c[nH]c2ccccc12)NNC(=S)Nc1ccc(Cl)cc1. The molecule has 0 bridgehead atoms. The number of H-pyrrole nitrogens is 1. The molecule has 1 amide bonds. The maximum absolute atomic E-state index is 12.1. The van der Waals surface area contributed by atoms with Gasteiger partial charge in [0.05, 0.1) is 6.42 Å². The molecular weight excluding hydrogens is 344 g/mol. The molecule has 0 aliphatic heterocycles. The van der Waals surface area contributed by atoms with Gasteiger partial charge in [-0.2, -0.15) is 0 Å². The van der Waals surface area contributed by atoms with Crippen LogP contribution in [0.3, 0.4) is 0 Å². The molecule has 0 saturated carbocycles. The number of fused-ring (bicyclic) bond motifs is 1. The fourth-order valence-electron chi connectivity index (χ4n) is 2.32. The van der Waals surface area contributed by atoms with Crippen molar-refractivity contribution in [1.82, 2.24) is 15.8 Å². The summed E-state index contributed by atoms with van der Waals surface area (Å²) in [5, 5.41) is 4.93. The predicted molar refractivity (Wildman–Crippen MR) is 101 cm³/mol. The molecule has 7 heteroatoms. The average molecular weight is 359 g/mol. The van der Waals surface area contributed by atoms with Crippen LogP contribution in [-0.4, -0.2) is 16.0 Å². The Morgan fingerprint density at radius 1 is 1.08 bits per heavy atom. The quantitative estimate of drug-likeness (QED) is 0.428. The van der Waals surface area contributed by atoms with Crippen LogP contribution in [0.4, 0.5) is 5.69 Å². The number of benzene rings is 2. The van der Waals surface area contributed by atoms with E-state index in [1.165, 1.54) is 0 Å². The van der Waals surface area contributed by atoms with Gasteiger partial charge in [0, 0.05) is 27.8 Å². The Balaban J connectivity index is 1.52. The number of anilines is 1. The zero-order chi connectivity index (χ0) is 16.9. The Kier molecular flexibility index (Phi) is 4.98. The fraction of sp³-hybridized carbons (Fsp3) is 0.0588. The second-order valence-electron chi connectivity index (χ2n) is 5.17. The van der Waals surface area contributed by atoms with Crippen LogP contribution in [0.5, 0.6) is 0 Å². The maximum atomic E-state index is 12.1. The van der Waals surface area contributed by atoms with Crippen molar-refractivity contribution in [2.75, 3.05) is 5.32 Å². The number of amides is 1. The van der Waals surface area contributed by atoms with Gasteiger partial charge in [0.25, 0.3) is 0 Å². The summed E-state index contributed by atoms with van der Waals surface area (Å²) >= 11 is 11.0. The first-order valence-corrected chi connectivity index (χ1v) is 8.07. The molecule has 0 radical (unpaired) electrons. The summed E-state index contributed by atoms with van der Waals surface area (Å²) in [7, 11) is 0. The largest absolute Gasteiger partial charge is 0.361 e. The number of halogens is 1. The summed E-state index contributed by atoms with van der Waals surface area (Å²) in [5.74, 6) is -0.181. The third-order valence-corrected chi connectivity index (χ3v) is 3.90. The van der Waals surface area contributed by atoms with E-state index in [0.717, 1.165) is 22.2 Å². The first-order valence-electron chi connectivity index (χ1n) is 7.28. The number of para-hydroxylation sites is 1. The lowest BCUT2D eigenvalue weighted by molar-refractivity contribution is -0.120. The van der Waals surface area contributed by atoms with Crippen molar-refractivity contribution in [2.24, 2.45) is 0 Å². The highest BCUT2D eigenvalue weighted by Crippen LogP contribution is 2.17. The van der Waals surface area contributed by atoms with E-state index in [9.17, 15) is 4.79 Å². The topological polar surface area (TPSA) is 69.0 Å². The average Bonchev–Trinajstić information content (AvgIpc) is 2.98. The smallest absolute Gasteiger partial charge is 0.242 e. The second-order valence-corrected chi connectivity index (χ2v) is 6.02. The highest BCUT2D eigenvalue weighted by atomic mass is 35.5. The lowest BCUT2D eigenvalue weighted by atomic mass is 10.1. The standard InChI is InChI=1S/C17H15ClN4OS/c18-12-5-7-13(8-6-12)20-17(24)22-21-16(23)9-11-10-19-15-4-2-1-3-14(11)15/h1-8,10,19H,9H2,(H,21,23)(H2,20,22,24). The van der Waals surface area contributed by atoms with Crippen LogP contribution >= 0.6 is 23.8 Å². The van der Waals surface area contributed by atoms with Crippen LogP contribution in [0.25, 0.3) is 10.9 Å². The van der Waals surface area contributed by atoms with Gasteiger partial charge in [0.2, 0.25) is 5.91 Å². The van der Waals surface area contributed by atoms with Gasteiger partial charge in [-0.3, -0.25) is 15.6 Å². The number of carbonyl (C=O) groups is 1. The zero-order valence-electron chi connectivity index (χ0n) is 12.6. The van der Waals surface area contributed by atoms with Gasteiger partial charge in [0.15, 0.2) is 5.11 Å². The number of hydrogen-bond acceptors (Lipinski definition) is 2. The van der Waals surface area contributed by atoms with Crippen molar-refractivity contribution in [3.63, 3.8) is 0 Å². The van der Waals surface area contributed by atoms with Crippen LogP contribution in [-0.2, 0) is 11.2 Å². The van der Waals surface area contributed by atoms with Crippen molar-refractivity contribution in [2.45, 2.75) is 6.42 Å². The zero-order valence-corrected chi connectivity index (χ0v) is 14.2. The summed E-state index contributed by atoms with van der Waals surface area (Å²) in [6.45, 7) is 0. The van der Waals surface area contributed by atoms with Crippen LogP contribution in [0, 0.1) is 0 Å². The van der Waals surface area contributed by atoms with E-state index in [-0.39, 0.29) is 12.3 Å². The molecule has 0 aliphatic rings. The summed E-state index contributed by atoms with van der Waals surface area (Å²) in [6.07, 6.45) is 2.09. The summed E-state index contributed by atoms with van der Waals surface area (Å²) in [6, 6.07) is 14.9. The number of aromatic nitrogens is 1. The minimum absolute atomic E-state index is 0.181. The van der Waals surface area contributed by atoms with E-state index >= 15 is 0 Å². The monoisotopic (exact) mass is 358 g/mol. The molecule has 5 nitrogen and oxygen atoms in total. The number of hydrogen-bond donors (Lipinski definition) is 4. The minimum Gasteiger partial charge on any atom is -0.361 e. The van der Waals surface area contributed by atoms with Crippen LogP contribution in [0.2, 0.25) is 5.02 Å². The molecule has 0 aliphatic carbocycles. The second kappa shape index (κ2) is 7.33. The van der Waals surface area contributed by atoms with E-state index in [1.54, 1.807) is 24.3 Å². The van der Waals surface area contributed by atoms with Crippen molar-refractivity contribution >= 4 is 51.4 Å². The molecule has 2 aromatic carbocycles. The van der Waals surface area contributed by atoms with Gasteiger partial charge in [-0.25, -0.2) is 0 Å². The molecule has 1 aromatic heterocycles. The molecule has 3 aromatic rings. The van der Waals surface area contributed by atoms with E-state index in [0.29, 0.717) is 10.1 Å². The lowest BCUT2D eigenvalue weighted by Crippen LogP contribution is -2.44. The number of hydrazine groups is 1. The molecule has 0 atom stereocenters.